The summed E-state index contributed by atoms with van der Waals surface area (Å²) in [5.74, 6) is -0.367. The minimum atomic E-state index is -0.367. The number of anilines is 1. The van der Waals surface area contributed by atoms with E-state index in [9.17, 15) is 9.59 Å². The number of nitrogens with zero attached hydrogens (tertiary/aromatic N) is 3. The van der Waals surface area contributed by atoms with Gasteiger partial charge in [0.1, 0.15) is 5.69 Å². The summed E-state index contributed by atoms with van der Waals surface area (Å²) in [6, 6.07) is 14.9. The van der Waals surface area contributed by atoms with Crippen molar-refractivity contribution in [3.63, 3.8) is 0 Å². The van der Waals surface area contributed by atoms with Crippen LogP contribution in [-0.2, 0) is 6.54 Å². The topological polar surface area (TPSA) is 76.9 Å². The lowest BCUT2D eigenvalue weighted by molar-refractivity contribution is 0.102. The van der Waals surface area contributed by atoms with E-state index in [-0.39, 0.29) is 11.5 Å². The first-order chi connectivity index (χ1) is 14.9. The Morgan fingerprint density at radius 3 is 2.58 bits per heavy atom. The van der Waals surface area contributed by atoms with Crippen molar-refractivity contribution >= 4 is 22.4 Å². The summed E-state index contributed by atoms with van der Waals surface area (Å²) >= 11 is 1.32. The van der Waals surface area contributed by atoms with Crippen molar-refractivity contribution in [2.24, 2.45) is 0 Å². The molecule has 0 radical (unpaired) electrons. The van der Waals surface area contributed by atoms with Gasteiger partial charge in [0.15, 0.2) is 5.13 Å². The molecule has 0 bridgehead atoms. The van der Waals surface area contributed by atoms with Crippen LogP contribution in [0.4, 0.5) is 5.13 Å². The molecule has 0 atom stereocenters. The quantitative estimate of drug-likeness (QED) is 0.502. The van der Waals surface area contributed by atoms with Gasteiger partial charge >= 0.3 is 0 Å². The van der Waals surface area contributed by atoms with Crippen molar-refractivity contribution in [2.45, 2.75) is 27.3 Å². The average molecular weight is 431 g/mol. The minimum absolute atomic E-state index is 0.227. The van der Waals surface area contributed by atoms with Crippen LogP contribution in [0.3, 0.4) is 0 Å². The maximum absolute atomic E-state index is 12.6. The van der Waals surface area contributed by atoms with Crippen LogP contribution in [0.5, 0.6) is 0 Å². The molecule has 0 aliphatic heterocycles. The van der Waals surface area contributed by atoms with Gasteiger partial charge in [-0.1, -0.05) is 24.3 Å². The molecule has 31 heavy (non-hydrogen) atoms. The molecule has 3 aromatic heterocycles. The number of amides is 1. The number of carbonyl (C=O) groups is 1. The molecule has 0 aliphatic rings. The van der Waals surface area contributed by atoms with E-state index in [1.165, 1.54) is 28.5 Å². The number of pyridine rings is 2. The fraction of sp³-hybridized carbons (Fsp3) is 0.167. The fourth-order valence-electron chi connectivity index (χ4n) is 3.18. The lowest BCUT2D eigenvalue weighted by Gasteiger charge is -2.09. The third-order valence-electron chi connectivity index (χ3n) is 5.06. The predicted octanol–water partition coefficient (Wildman–Crippen LogP) is 4.59. The van der Waals surface area contributed by atoms with E-state index in [0.29, 0.717) is 22.9 Å². The summed E-state index contributed by atoms with van der Waals surface area (Å²) in [6.07, 6.45) is 1.65. The molecule has 4 aromatic rings. The number of carbonyl (C=O) groups excluding carboxylic acids is 1. The molecule has 7 heteroatoms. The molecule has 0 unspecified atom stereocenters. The molecule has 1 N–H and O–H groups in total. The Labute approximate surface area is 184 Å². The fourth-order valence-corrected chi connectivity index (χ4v) is 3.88. The van der Waals surface area contributed by atoms with Crippen LogP contribution >= 0.6 is 11.3 Å². The van der Waals surface area contributed by atoms with Gasteiger partial charge < -0.3 is 4.57 Å². The summed E-state index contributed by atoms with van der Waals surface area (Å²) in [5, 5.41) is 5.07. The monoisotopic (exact) mass is 430 g/mol. The molecule has 3 heterocycles. The van der Waals surface area contributed by atoms with Gasteiger partial charge in [-0.05, 0) is 55.7 Å². The normalized spacial score (nSPS) is 10.8. The number of benzene rings is 1. The Morgan fingerprint density at radius 2 is 1.84 bits per heavy atom. The molecule has 1 aromatic carbocycles. The minimum Gasteiger partial charge on any atom is -0.311 e. The predicted molar refractivity (Wildman–Crippen MR) is 124 cm³/mol. The number of aryl methyl sites for hydroxylation is 3. The smallest absolute Gasteiger partial charge is 0.257 e. The highest BCUT2D eigenvalue weighted by atomic mass is 32.1. The van der Waals surface area contributed by atoms with Gasteiger partial charge in [-0.25, -0.2) is 4.98 Å². The third kappa shape index (κ3) is 4.78. The molecule has 4 rings (SSSR count). The standard InChI is InChI=1S/C24H22N4O2S/c1-15-7-8-18(11-16(15)2)13-28-10-9-19(12-22(28)29)23(30)27-24-26-21(14-31-24)20-6-4-5-17(3)25-20/h4-12,14H,13H2,1-3H3,(H,26,27,30). The van der Waals surface area contributed by atoms with Crippen LogP contribution in [0.2, 0.25) is 0 Å². The van der Waals surface area contributed by atoms with E-state index in [4.69, 9.17) is 0 Å². The van der Waals surface area contributed by atoms with Gasteiger partial charge in [-0.3, -0.25) is 19.9 Å². The molecule has 0 aliphatic carbocycles. The summed E-state index contributed by atoms with van der Waals surface area (Å²) in [5.41, 5.74) is 5.87. The van der Waals surface area contributed by atoms with Crippen molar-refractivity contribution in [3.8, 4) is 11.4 Å². The van der Waals surface area contributed by atoms with Gasteiger partial charge in [0.05, 0.1) is 12.2 Å². The first-order valence-electron chi connectivity index (χ1n) is 9.86. The van der Waals surface area contributed by atoms with Gasteiger partial charge in [-0.2, -0.15) is 0 Å². The van der Waals surface area contributed by atoms with Gasteiger partial charge in [0.2, 0.25) is 0 Å². The van der Waals surface area contributed by atoms with E-state index in [1.807, 2.05) is 49.6 Å². The molecule has 0 fully saturated rings. The largest absolute Gasteiger partial charge is 0.311 e. The third-order valence-corrected chi connectivity index (χ3v) is 5.82. The average Bonchev–Trinajstić information content (AvgIpc) is 3.20. The van der Waals surface area contributed by atoms with E-state index < -0.39 is 0 Å². The Kier molecular flexibility index (Phi) is 5.77. The molecule has 156 valence electrons. The SMILES string of the molecule is Cc1cccc(-c2csc(NC(=O)c3ccn(Cc4ccc(C)c(C)c4)c(=O)c3)n2)n1. The lowest BCUT2D eigenvalue weighted by atomic mass is 10.1. The summed E-state index contributed by atoms with van der Waals surface area (Å²) < 4.78 is 1.59. The van der Waals surface area contributed by atoms with Crippen molar-refractivity contribution in [3.05, 3.63) is 98.4 Å². The molecule has 0 saturated carbocycles. The first-order valence-corrected chi connectivity index (χ1v) is 10.7. The molecular weight excluding hydrogens is 408 g/mol. The van der Waals surface area contributed by atoms with Crippen molar-refractivity contribution in [1.29, 1.82) is 0 Å². The summed E-state index contributed by atoms with van der Waals surface area (Å²) in [7, 11) is 0. The molecule has 0 saturated heterocycles. The van der Waals surface area contributed by atoms with Crippen LogP contribution < -0.4 is 10.9 Å². The Hall–Kier alpha value is -3.58. The highest BCUT2D eigenvalue weighted by Crippen LogP contribution is 2.24. The van der Waals surface area contributed by atoms with Crippen molar-refractivity contribution in [2.75, 3.05) is 5.32 Å². The van der Waals surface area contributed by atoms with E-state index >= 15 is 0 Å². The number of thiazole rings is 1. The van der Waals surface area contributed by atoms with Crippen LogP contribution in [0.1, 0.15) is 32.7 Å². The maximum Gasteiger partial charge on any atom is 0.257 e. The Bertz CT molecular complexity index is 1320. The molecular formula is C24H22N4O2S. The van der Waals surface area contributed by atoms with Crippen LogP contribution in [0.25, 0.3) is 11.4 Å². The highest BCUT2D eigenvalue weighted by Gasteiger charge is 2.12. The number of nitrogens with one attached hydrogen (secondary N) is 1. The zero-order valence-electron chi connectivity index (χ0n) is 17.5. The van der Waals surface area contributed by atoms with Gasteiger partial charge in [0.25, 0.3) is 11.5 Å². The van der Waals surface area contributed by atoms with Crippen molar-refractivity contribution < 1.29 is 4.79 Å². The van der Waals surface area contributed by atoms with Crippen molar-refractivity contribution in [1.82, 2.24) is 14.5 Å². The van der Waals surface area contributed by atoms with Crippen LogP contribution in [0, 0.1) is 20.8 Å². The second-order valence-electron chi connectivity index (χ2n) is 7.46. The van der Waals surface area contributed by atoms with E-state index in [2.05, 4.69) is 28.3 Å². The van der Waals surface area contributed by atoms with Gasteiger partial charge in [0, 0.05) is 28.9 Å². The maximum atomic E-state index is 12.6. The number of hydrogen-bond donors (Lipinski definition) is 1. The Morgan fingerprint density at radius 1 is 1.00 bits per heavy atom. The summed E-state index contributed by atoms with van der Waals surface area (Å²) in [6.45, 7) is 6.48. The zero-order chi connectivity index (χ0) is 22.0. The van der Waals surface area contributed by atoms with Crippen LogP contribution in [-0.4, -0.2) is 20.4 Å². The highest BCUT2D eigenvalue weighted by molar-refractivity contribution is 7.14. The summed E-state index contributed by atoms with van der Waals surface area (Å²) in [4.78, 5) is 34.0. The number of aromatic nitrogens is 3. The first kappa shape index (κ1) is 20.7. The van der Waals surface area contributed by atoms with Gasteiger partial charge in [-0.15, -0.1) is 11.3 Å². The van der Waals surface area contributed by atoms with Crippen LogP contribution in [0.15, 0.2) is 64.9 Å². The molecule has 1 amide bonds. The number of rotatable bonds is 5. The zero-order valence-corrected chi connectivity index (χ0v) is 18.4. The molecule has 6 nitrogen and oxygen atoms in total. The number of hydrogen-bond acceptors (Lipinski definition) is 5. The van der Waals surface area contributed by atoms with E-state index in [1.54, 1.807) is 16.8 Å². The second-order valence-corrected chi connectivity index (χ2v) is 8.31. The lowest BCUT2D eigenvalue weighted by Crippen LogP contribution is -2.22. The van der Waals surface area contributed by atoms with E-state index in [0.717, 1.165) is 17.0 Å². The second kappa shape index (κ2) is 8.65. The Balaban J connectivity index is 1.47. The molecule has 0 spiro atoms.